The minimum Gasteiger partial charge on any atom is -0.255 e. The third-order valence-electron chi connectivity index (χ3n) is 4.12. The highest BCUT2D eigenvalue weighted by molar-refractivity contribution is 5.71. The Hall–Kier alpha value is -2.54. The summed E-state index contributed by atoms with van der Waals surface area (Å²) in [4.78, 5) is 0. The van der Waals surface area contributed by atoms with Crippen LogP contribution < -0.4 is 0 Å². The molecule has 0 fully saturated rings. The SMILES string of the molecule is C=[N+]1C=CC(C)=C[C-]1c1cccc(-c2c(C)cccc2C)c1. The summed E-state index contributed by atoms with van der Waals surface area (Å²) in [6, 6.07) is 16.3. The summed E-state index contributed by atoms with van der Waals surface area (Å²) in [5, 5.41) is 0. The first-order chi connectivity index (χ1) is 10.6. The monoisotopic (exact) mass is 287 g/mol. The largest absolute Gasteiger partial charge is 0.255 e. The van der Waals surface area contributed by atoms with E-state index in [2.05, 4.69) is 82.1 Å². The van der Waals surface area contributed by atoms with Crippen LogP contribution in [0.1, 0.15) is 23.6 Å². The second-order valence-corrected chi connectivity index (χ2v) is 5.91. The zero-order valence-electron chi connectivity index (χ0n) is 13.4. The number of hydrogen-bond donors (Lipinski definition) is 0. The van der Waals surface area contributed by atoms with Crippen molar-refractivity contribution in [2.75, 3.05) is 0 Å². The van der Waals surface area contributed by atoms with Gasteiger partial charge in [-0.15, -0.1) is 6.07 Å². The summed E-state index contributed by atoms with van der Waals surface area (Å²) in [7, 11) is 0. The number of nitrogens with zero attached hydrogens (tertiary/aromatic N) is 1. The van der Waals surface area contributed by atoms with E-state index in [1.54, 1.807) is 0 Å². The molecule has 0 aliphatic carbocycles. The molecule has 0 saturated heterocycles. The van der Waals surface area contributed by atoms with Gasteiger partial charge in [-0.2, -0.15) is 0 Å². The van der Waals surface area contributed by atoms with Gasteiger partial charge in [0.05, 0.1) is 6.72 Å². The highest BCUT2D eigenvalue weighted by Crippen LogP contribution is 2.31. The Bertz CT molecular complexity index is 773. The van der Waals surface area contributed by atoms with Crippen molar-refractivity contribution < 1.29 is 4.58 Å². The molecule has 3 rings (SSSR count). The number of hydrogen-bond acceptors (Lipinski definition) is 0. The molecule has 0 aromatic heterocycles. The van der Waals surface area contributed by atoms with Crippen molar-refractivity contribution in [2.45, 2.75) is 20.8 Å². The predicted octanol–water partition coefficient (Wildman–Crippen LogP) is 5.04. The van der Waals surface area contributed by atoms with E-state index in [0.717, 1.165) is 6.04 Å². The molecule has 1 aliphatic rings. The van der Waals surface area contributed by atoms with E-state index in [1.807, 2.05) is 10.8 Å². The Balaban J connectivity index is 2.08. The number of rotatable bonds is 2. The summed E-state index contributed by atoms with van der Waals surface area (Å²) in [5.74, 6) is 0. The van der Waals surface area contributed by atoms with Crippen molar-refractivity contribution in [3.8, 4) is 11.1 Å². The third-order valence-corrected chi connectivity index (χ3v) is 4.12. The Labute approximate surface area is 132 Å². The zero-order chi connectivity index (χ0) is 15.7. The molecule has 0 N–H and O–H groups in total. The molecule has 0 bridgehead atoms. The summed E-state index contributed by atoms with van der Waals surface area (Å²) >= 11 is 0. The Kier molecular flexibility index (Phi) is 3.72. The van der Waals surface area contributed by atoms with Gasteiger partial charge < -0.3 is 0 Å². The minimum absolute atomic E-state index is 1.13. The van der Waals surface area contributed by atoms with E-state index >= 15 is 0 Å². The molecule has 110 valence electrons. The Morgan fingerprint density at radius 2 is 1.64 bits per heavy atom. The molecule has 1 nitrogen and oxygen atoms in total. The molecule has 0 spiro atoms. The smallest absolute Gasteiger partial charge is 0.147 e. The van der Waals surface area contributed by atoms with Crippen LogP contribution in [0.4, 0.5) is 0 Å². The van der Waals surface area contributed by atoms with E-state index in [4.69, 9.17) is 0 Å². The maximum Gasteiger partial charge on any atom is 0.147 e. The van der Waals surface area contributed by atoms with Gasteiger partial charge in [-0.3, -0.25) is 4.58 Å². The lowest BCUT2D eigenvalue weighted by Crippen LogP contribution is -2.14. The van der Waals surface area contributed by atoms with Crippen LogP contribution in [0.3, 0.4) is 0 Å². The van der Waals surface area contributed by atoms with E-state index in [0.29, 0.717) is 0 Å². The van der Waals surface area contributed by atoms with Crippen LogP contribution in [0.2, 0.25) is 0 Å². The van der Waals surface area contributed by atoms with Gasteiger partial charge >= 0.3 is 0 Å². The van der Waals surface area contributed by atoms with Gasteiger partial charge in [0.2, 0.25) is 0 Å². The molecule has 0 saturated carbocycles. The first-order valence-electron chi connectivity index (χ1n) is 7.56. The Morgan fingerprint density at radius 3 is 2.36 bits per heavy atom. The summed E-state index contributed by atoms with van der Waals surface area (Å²) < 4.78 is 1.93. The van der Waals surface area contributed by atoms with Crippen molar-refractivity contribution >= 4 is 6.72 Å². The van der Waals surface area contributed by atoms with E-state index in [1.165, 1.54) is 33.4 Å². The first kappa shape index (κ1) is 14.4. The van der Waals surface area contributed by atoms with Crippen molar-refractivity contribution in [1.29, 1.82) is 0 Å². The molecule has 0 unspecified atom stereocenters. The minimum atomic E-state index is 1.13. The summed E-state index contributed by atoms with van der Waals surface area (Å²) in [6.45, 7) is 10.5. The van der Waals surface area contributed by atoms with Gasteiger partial charge in [0.1, 0.15) is 12.2 Å². The van der Waals surface area contributed by atoms with Gasteiger partial charge in [-0.25, -0.2) is 0 Å². The molecule has 1 heterocycles. The number of aryl methyl sites for hydroxylation is 2. The summed E-state index contributed by atoms with van der Waals surface area (Å²) in [6.07, 6.45) is 6.26. The molecule has 22 heavy (non-hydrogen) atoms. The quantitative estimate of drug-likeness (QED) is 0.538. The van der Waals surface area contributed by atoms with Crippen LogP contribution in [-0.4, -0.2) is 11.3 Å². The second-order valence-electron chi connectivity index (χ2n) is 5.91. The molecule has 2 aromatic rings. The average molecular weight is 287 g/mol. The summed E-state index contributed by atoms with van der Waals surface area (Å²) in [5.41, 5.74) is 7.64. The lowest BCUT2D eigenvalue weighted by molar-refractivity contribution is -0.418. The standard InChI is InChI=1S/C21H21N/c1-15-11-12-22(4)20(13-15)18-9-6-10-19(14-18)21-16(2)7-5-8-17(21)3/h5-14H,4H2,1-3H3. The normalized spacial score (nSPS) is 14.2. The number of benzene rings is 2. The highest BCUT2D eigenvalue weighted by atomic mass is 15.0. The molecule has 1 aliphatic heterocycles. The van der Waals surface area contributed by atoms with Gasteiger partial charge in [0.15, 0.2) is 0 Å². The van der Waals surface area contributed by atoms with Crippen LogP contribution >= 0.6 is 0 Å². The van der Waals surface area contributed by atoms with E-state index in [9.17, 15) is 0 Å². The van der Waals surface area contributed by atoms with Gasteiger partial charge in [-0.05, 0) is 47.7 Å². The lowest BCUT2D eigenvalue weighted by atomic mass is 9.92. The lowest BCUT2D eigenvalue weighted by Gasteiger charge is -2.20. The fourth-order valence-corrected chi connectivity index (χ4v) is 2.99. The fraction of sp³-hybridized carbons (Fsp3) is 0.143. The van der Waals surface area contributed by atoms with Crippen molar-refractivity contribution in [3.05, 3.63) is 89.1 Å². The average Bonchev–Trinajstić information content (AvgIpc) is 2.50. The predicted molar refractivity (Wildman–Crippen MR) is 94.0 cm³/mol. The van der Waals surface area contributed by atoms with Crippen molar-refractivity contribution in [3.63, 3.8) is 0 Å². The van der Waals surface area contributed by atoms with Crippen LogP contribution in [-0.2, 0) is 0 Å². The molecule has 0 amide bonds. The molecule has 1 heteroatoms. The zero-order valence-corrected chi connectivity index (χ0v) is 13.4. The van der Waals surface area contributed by atoms with E-state index < -0.39 is 0 Å². The molecule has 2 aromatic carbocycles. The highest BCUT2D eigenvalue weighted by Gasteiger charge is 2.16. The van der Waals surface area contributed by atoms with Gasteiger partial charge in [0, 0.05) is 0 Å². The fourth-order valence-electron chi connectivity index (χ4n) is 2.99. The molecule has 0 atom stereocenters. The Morgan fingerprint density at radius 1 is 0.955 bits per heavy atom. The molecular weight excluding hydrogens is 266 g/mol. The maximum atomic E-state index is 4.09. The van der Waals surface area contributed by atoms with Crippen LogP contribution in [0.25, 0.3) is 11.1 Å². The molecular formula is C21H21N. The van der Waals surface area contributed by atoms with Crippen molar-refractivity contribution in [1.82, 2.24) is 0 Å². The topological polar surface area (TPSA) is 3.01 Å². The first-order valence-corrected chi connectivity index (χ1v) is 7.56. The van der Waals surface area contributed by atoms with Gasteiger partial charge in [-0.1, -0.05) is 55.0 Å². The van der Waals surface area contributed by atoms with Crippen molar-refractivity contribution in [2.24, 2.45) is 0 Å². The van der Waals surface area contributed by atoms with Gasteiger partial charge in [0.25, 0.3) is 0 Å². The third kappa shape index (κ3) is 2.62. The van der Waals surface area contributed by atoms with Crippen LogP contribution in [0.15, 0.2) is 66.4 Å². The van der Waals surface area contributed by atoms with Crippen LogP contribution in [0.5, 0.6) is 0 Å². The van der Waals surface area contributed by atoms with E-state index in [-0.39, 0.29) is 0 Å². The maximum absolute atomic E-state index is 4.09. The van der Waals surface area contributed by atoms with Crippen LogP contribution in [0, 0.1) is 19.9 Å². The molecule has 0 radical (unpaired) electrons. The second kappa shape index (κ2) is 5.69. The number of allylic oxidation sites excluding steroid dienone is 2.